The molecule has 5 rings (SSSR count). The molecule has 1 saturated heterocycles. The summed E-state index contributed by atoms with van der Waals surface area (Å²) >= 11 is 3.25. The Kier molecular flexibility index (Phi) is 5.60. The van der Waals surface area contributed by atoms with Gasteiger partial charge in [0.2, 0.25) is 10.0 Å². The molecule has 6 nitrogen and oxygen atoms in total. The normalized spacial score (nSPS) is 16.4. The maximum atomic E-state index is 12.8. The Morgan fingerprint density at radius 1 is 1.00 bits per heavy atom. The van der Waals surface area contributed by atoms with Crippen LogP contribution in [0.3, 0.4) is 0 Å². The van der Waals surface area contributed by atoms with Crippen LogP contribution < -0.4 is 5.32 Å². The molecular formula is C22H21N3O3S3. The molecule has 0 radical (unpaired) electrons. The van der Waals surface area contributed by atoms with Crippen molar-refractivity contribution in [2.24, 2.45) is 0 Å². The Morgan fingerprint density at radius 3 is 2.52 bits per heavy atom. The molecule has 2 aliphatic rings. The van der Waals surface area contributed by atoms with Crippen molar-refractivity contribution >= 4 is 44.2 Å². The molecule has 0 spiro atoms. The van der Waals surface area contributed by atoms with Crippen molar-refractivity contribution < 1.29 is 13.2 Å². The van der Waals surface area contributed by atoms with Crippen LogP contribution in [-0.4, -0.2) is 36.7 Å². The van der Waals surface area contributed by atoms with Crippen molar-refractivity contribution in [3.05, 3.63) is 59.0 Å². The number of nitrogens with zero attached hydrogens (tertiary/aromatic N) is 2. The fourth-order valence-corrected chi connectivity index (χ4v) is 7.46. The summed E-state index contributed by atoms with van der Waals surface area (Å²) in [6.07, 6.45) is 2.84. The first-order valence-electron chi connectivity index (χ1n) is 10.2. The summed E-state index contributed by atoms with van der Waals surface area (Å²) in [7, 11) is -3.50. The Hall–Kier alpha value is -2.20. The van der Waals surface area contributed by atoms with Gasteiger partial charge in [0, 0.05) is 39.7 Å². The predicted octanol–water partition coefficient (Wildman–Crippen LogP) is 4.84. The Bertz CT molecular complexity index is 1230. The van der Waals surface area contributed by atoms with Gasteiger partial charge in [0.05, 0.1) is 10.6 Å². The zero-order valence-electron chi connectivity index (χ0n) is 16.7. The van der Waals surface area contributed by atoms with Crippen LogP contribution in [0.2, 0.25) is 0 Å². The van der Waals surface area contributed by atoms with E-state index in [1.807, 2.05) is 18.2 Å². The van der Waals surface area contributed by atoms with E-state index in [-0.39, 0.29) is 10.8 Å². The number of carbonyl (C=O) groups excluding carboxylic acids is 1. The van der Waals surface area contributed by atoms with Gasteiger partial charge in [-0.1, -0.05) is 24.6 Å². The van der Waals surface area contributed by atoms with E-state index in [4.69, 9.17) is 0 Å². The van der Waals surface area contributed by atoms with Gasteiger partial charge in [0.1, 0.15) is 0 Å². The van der Waals surface area contributed by atoms with E-state index < -0.39 is 10.0 Å². The topological polar surface area (TPSA) is 79.4 Å². The standard InChI is InChI=1S/C22H21N3O3S3/c26-21(15-8-10-16(11-9-15)31(27,28)25-12-4-1-5-13-25)24-22-23-20-17-6-2-3-7-18(17)29-14-19(20)30-22/h2-3,6-11H,1,4-5,12-14H2,(H,23,24,26). The number of nitrogens with one attached hydrogen (secondary N) is 1. The Balaban J connectivity index is 1.32. The van der Waals surface area contributed by atoms with Crippen molar-refractivity contribution in [1.82, 2.24) is 9.29 Å². The zero-order chi connectivity index (χ0) is 21.4. The fraction of sp³-hybridized carbons (Fsp3) is 0.273. The molecular weight excluding hydrogens is 450 g/mol. The Morgan fingerprint density at radius 2 is 1.74 bits per heavy atom. The molecule has 2 aromatic carbocycles. The van der Waals surface area contributed by atoms with Gasteiger partial charge in [-0.2, -0.15) is 4.31 Å². The van der Waals surface area contributed by atoms with Gasteiger partial charge >= 0.3 is 0 Å². The van der Waals surface area contributed by atoms with Crippen molar-refractivity contribution in [3.63, 3.8) is 0 Å². The first-order chi connectivity index (χ1) is 15.0. The third-order valence-corrected chi connectivity index (χ3v) is 9.65. The third-order valence-electron chi connectivity index (χ3n) is 5.49. The second kappa shape index (κ2) is 8.38. The highest BCUT2D eigenvalue weighted by Gasteiger charge is 2.26. The average molecular weight is 472 g/mol. The van der Waals surface area contributed by atoms with Crippen molar-refractivity contribution in [2.75, 3.05) is 18.4 Å². The molecule has 3 heterocycles. The van der Waals surface area contributed by atoms with Gasteiger partial charge in [0.15, 0.2) is 5.13 Å². The molecule has 1 fully saturated rings. The van der Waals surface area contributed by atoms with Gasteiger partial charge in [0.25, 0.3) is 5.91 Å². The van der Waals surface area contributed by atoms with E-state index in [0.717, 1.165) is 41.1 Å². The lowest BCUT2D eigenvalue weighted by molar-refractivity contribution is 0.102. The SMILES string of the molecule is O=C(Nc1nc2c(s1)CSc1ccccc1-2)c1ccc(S(=O)(=O)N2CCCCC2)cc1. The molecule has 0 aliphatic carbocycles. The lowest BCUT2D eigenvalue weighted by Crippen LogP contribution is -2.35. The number of fused-ring (bicyclic) bond motifs is 3. The van der Waals surface area contributed by atoms with E-state index in [0.29, 0.717) is 23.8 Å². The number of anilines is 1. The number of rotatable bonds is 4. The highest BCUT2D eigenvalue weighted by molar-refractivity contribution is 7.98. The van der Waals surface area contributed by atoms with E-state index in [1.165, 1.54) is 32.7 Å². The second-order valence-corrected chi connectivity index (χ2v) is 11.6. The first kappa shape index (κ1) is 20.7. The predicted molar refractivity (Wildman–Crippen MR) is 124 cm³/mol. The number of hydrogen-bond acceptors (Lipinski definition) is 6. The van der Waals surface area contributed by atoms with Crippen molar-refractivity contribution in [1.29, 1.82) is 0 Å². The fourth-order valence-electron chi connectivity index (χ4n) is 3.85. The van der Waals surface area contributed by atoms with Crippen LogP contribution in [0, 0.1) is 0 Å². The van der Waals surface area contributed by atoms with Crippen LogP contribution in [0.4, 0.5) is 5.13 Å². The van der Waals surface area contributed by atoms with Gasteiger partial charge < -0.3 is 0 Å². The van der Waals surface area contributed by atoms with Crippen LogP contribution in [0.1, 0.15) is 34.5 Å². The molecule has 31 heavy (non-hydrogen) atoms. The summed E-state index contributed by atoms with van der Waals surface area (Å²) in [6, 6.07) is 14.3. The number of hydrogen-bond donors (Lipinski definition) is 1. The number of benzene rings is 2. The van der Waals surface area contributed by atoms with Crippen LogP contribution in [0.15, 0.2) is 58.3 Å². The van der Waals surface area contributed by atoms with Crippen molar-refractivity contribution in [3.8, 4) is 11.3 Å². The lowest BCUT2D eigenvalue weighted by atomic mass is 10.1. The minimum atomic E-state index is -3.50. The van der Waals surface area contributed by atoms with E-state index in [2.05, 4.69) is 16.4 Å². The number of amides is 1. The molecule has 3 aromatic rings. The van der Waals surface area contributed by atoms with Crippen LogP contribution in [-0.2, 0) is 15.8 Å². The van der Waals surface area contributed by atoms with Crippen LogP contribution >= 0.6 is 23.1 Å². The lowest BCUT2D eigenvalue weighted by Gasteiger charge is -2.25. The number of sulfonamides is 1. The van der Waals surface area contributed by atoms with Gasteiger partial charge in [-0.05, 0) is 43.2 Å². The summed E-state index contributed by atoms with van der Waals surface area (Å²) < 4.78 is 27.1. The van der Waals surface area contributed by atoms with E-state index >= 15 is 0 Å². The van der Waals surface area contributed by atoms with Crippen molar-refractivity contribution in [2.45, 2.75) is 34.8 Å². The summed E-state index contributed by atoms with van der Waals surface area (Å²) in [5, 5.41) is 3.42. The number of aromatic nitrogens is 1. The van der Waals surface area contributed by atoms with E-state index in [9.17, 15) is 13.2 Å². The smallest absolute Gasteiger partial charge is 0.257 e. The van der Waals surface area contributed by atoms with Crippen LogP contribution in [0.25, 0.3) is 11.3 Å². The summed E-state index contributed by atoms with van der Waals surface area (Å²) in [5.41, 5.74) is 2.43. The maximum Gasteiger partial charge on any atom is 0.257 e. The number of piperidine rings is 1. The number of thioether (sulfide) groups is 1. The number of thiazole rings is 1. The first-order valence-corrected chi connectivity index (χ1v) is 13.4. The summed E-state index contributed by atoms with van der Waals surface area (Å²) in [5.74, 6) is 0.539. The molecule has 9 heteroatoms. The molecule has 1 aromatic heterocycles. The van der Waals surface area contributed by atoms with Crippen LogP contribution in [0.5, 0.6) is 0 Å². The van der Waals surface area contributed by atoms with Gasteiger partial charge in [-0.25, -0.2) is 13.4 Å². The molecule has 2 aliphatic heterocycles. The quantitative estimate of drug-likeness (QED) is 0.589. The summed E-state index contributed by atoms with van der Waals surface area (Å²) in [6.45, 7) is 1.11. The highest BCUT2D eigenvalue weighted by Crippen LogP contribution is 2.44. The summed E-state index contributed by atoms with van der Waals surface area (Å²) in [4.78, 5) is 19.9. The van der Waals surface area contributed by atoms with Gasteiger partial charge in [-0.15, -0.1) is 23.1 Å². The third kappa shape index (κ3) is 4.03. The van der Waals surface area contributed by atoms with Gasteiger partial charge in [-0.3, -0.25) is 10.1 Å². The zero-order valence-corrected chi connectivity index (χ0v) is 19.2. The molecule has 0 saturated carbocycles. The monoisotopic (exact) mass is 471 g/mol. The average Bonchev–Trinajstić information content (AvgIpc) is 3.23. The molecule has 0 bridgehead atoms. The Labute approximate surface area is 189 Å². The molecule has 1 N–H and O–H groups in total. The molecule has 0 unspecified atom stereocenters. The minimum Gasteiger partial charge on any atom is -0.298 e. The minimum absolute atomic E-state index is 0.226. The number of carbonyl (C=O) groups is 1. The van der Waals surface area contributed by atoms with E-state index in [1.54, 1.807) is 23.9 Å². The second-order valence-electron chi connectivity index (χ2n) is 7.52. The molecule has 0 atom stereocenters. The molecule has 160 valence electrons. The molecule has 1 amide bonds. The largest absolute Gasteiger partial charge is 0.298 e. The highest BCUT2D eigenvalue weighted by atomic mass is 32.2. The maximum absolute atomic E-state index is 12.8.